The number of fused-ring (bicyclic) bond motifs is 2. The zero-order valence-electron chi connectivity index (χ0n) is 18.7. The van der Waals surface area contributed by atoms with Crippen LogP contribution in [0.25, 0.3) is 10.9 Å². The van der Waals surface area contributed by atoms with Crippen molar-refractivity contribution in [2.75, 3.05) is 39.6 Å². The van der Waals surface area contributed by atoms with Crippen LogP contribution in [0.5, 0.6) is 11.5 Å². The van der Waals surface area contributed by atoms with Crippen LogP contribution >= 0.6 is 0 Å². The van der Waals surface area contributed by atoms with E-state index < -0.39 is 0 Å². The molecule has 1 fully saturated rings. The van der Waals surface area contributed by atoms with E-state index in [0.717, 1.165) is 67.1 Å². The molecule has 3 heterocycles. The Morgan fingerprint density at radius 1 is 1.06 bits per heavy atom. The number of benzene rings is 2. The third-order valence-electron chi connectivity index (χ3n) is 6.42. The van der Waals surface area contributed by atoms with E-state index in [1.807, 2.05) is 31.2 Å². The molecule has 174 valence electrons. The standard InChI is InChI=1S/C25H28FN3O4/c1-17-20(14-25(30)27-15-18-2-5-23-24(12-18)33-16-32-23)21-13-19(26)3-4-22(21)29(17)7-6-28-8-10-31-11-9-28/h2-5,12-13H,6-11,14-16H2,1H3,(H,27,30). The molecule has 0 spiro atoms. The van der Waals surface area contributed by atoms with E-state index >= 15 is 0 Å². The molecule has 1 saturated heterocycles. The summed E-state index contributed by atoms with van der Waals surface area (Å²) < 4.78 is 32.5. The first-order valence-electron chi connectivity index (χ1n) is 11.3. The first kappa shape index (κ1) is 21.7. The van der Waals surface area contributed by atoms with E-state index in [1.54, 1.807) is 0 Å². The fraction of sp³-hybridized carbons (Fsp3) is 0.400. The molecule has 1 amide bonds. The van der Waals surface area contributed by atoms with Crippen molar-refractivity contribution in [1.82, 2.24) is 14.8 Å². The zero-order chi connectivity index (χ0) is 22.8. The predicted octanol–water partition coefficient (Wildman–Crippen LogP) is 3.01. The summed E-state index contributed by atoms with van der Waals surface area (Å²) in [5, 5.41) is 3.78. The van der Waals surface area contributed by atoms with Crippen LogP contribution in [-0.2, 0) is 29.0 Å². The van der Waals surface area contributed by atoms with Crippen LogP contribution in [-0.4, -0.2) is 55.0 Å². The molecular weight excluding hydrogens is 425 g/mol. The third kappa shape index (κ3) is 4.67. The predicted molar refractivity (Wildman–Crippen MR) is 122 cm³/mol. The Bertz CT molecular complexity index is 1170. The molecule has 33 heavy (non-hydrogen) atoms. The van der Waals surface area contributed by atoms with Gasteiger partial charge in [-0.15, -0.1) is 0 Å². The molecule has 2 aliphatic rings. The average Bonchev–Trinajstić information content (AvgIpc) is 3.39. The molecular formula is C25H28FN3O4. The largest absolute Gasteiger partial charge is 0.454 e. The van der Waals surface area contributed by atoms with Crippen molar-refractivity contribution < 1.29 is 23.4 Å². The highest BCUT2D eigenvalue weighted by Crippen LogP contribution is 2.32. The van der Waals surface area contributed by atoms with Gasteiger partial charge < -0.3 is 24.1 Å². The summed E-state index contributed by atoms with van der Waals surface area (Å²) in [4.78, 5) is 15.2. The summed E-state index contributed by atoms with van der Waals surface area (Å²) >= 11 is 0. The first-order valence-corrected chi connectivity index (χ1v) is 11.3. The van der Waals surface area contributed by atoms with Gasteiger partial charge in [-0.25, -0.2) is 4.39 Å². The smallest absolute Gasteiger partial charge is 0.231 e. The molecule has 0 aliphatic carbocycles. The van der Waals surface area contributed by atoms with Crippen molar-refractivity contribution in [3.05, 3.63) is 59.0 Å². The molecule has 5 rings (SSSR count). The second kappa shape index (κ2) is 9.41. The average molecular weight is 454 g/mol. The Hall–Kier alpha value is -3.10. The number of hydrogen-bond donors (Lipinski definition) is 1. The highest BCUT2D eigenvalue weighted by molar-refractivity contribution is 5.90. The summed E-state index contributed by atoms with van der Waals surface area (Å²) in [6.45, 7) is 7.64. The molecule has 3 aromatic rings. The molecule has 8 heteroatoms. The minimum atomic E-state index is -0.296. The van der Waals surface area contributed by atoms with Crippen molar-refractivity contribution in [2.24, 2.45) is 0 Å². The maximum absolute atomic E-state index is 14.1. The summed E-state index contributed by atoms with van der Waals surface area (Å²) in [5.41, 5.74) is 3.76. The van der Waals surface area contributed by atoms with Crippen LogP contribution in [0, 0.1) is 12.7 Å². The van der Waals surface area contributed by atoms with Crippen LogP contribution in [0.15, 0.2) is 36.4 Å². The van der Waals surface area contributed by atoms with Gasteiger partial charge in [0.2, 0.25) is 12.7 Å². The van der Waals surface area contributed by atoms with Gasteiger partial charge in [0.1, 0.15) is 5.82 Å². The van der Waals surface area contributed by atoms with Crippen molar-refractivity contribution in [3.8, 4) is 11.5 Å². The molecule has 0 saturated carbocycles. The quantitative estimate of drug-likeness (QED) is 0.596. The molecule has 2 aliphatic heterocycles. The molecule has 1 aromatic heterocycles. The highest BCUT2D eigenvalue weighted by Gasteiger charge is 2.19. The van der Waals surface area contributed by atoms with Gasteiger partial charge in [-0.05, 0) is 48.4 Å². The van der Waals surface area contributed by atoms with Crippen LogP contribution in [0.2, 0.25) is 0 Å². The fourth-order valence-corrected chi connectivity index (χ4v) is 4.58. The number of nitrogens with zero attached hydrogens (tertiary/aromatic N) is 2. The van der Waals surface area contributed by atoms with Gasteiger partial charge in [0, 0.05) is 49.3 Å². The summed E-state index contributed by atoms with van der Waals surface area (Å²) in [6.07, 6.45) is 0.195. The van der Waals surface area contributed by atoms with Crippen molar-refractivity contribution in [2.45, 2.75) is 26.4 Å². The van der Waals surface area contributed by atoms with E-state index in [1.165, 1.54) is 12.1 Å². The van der Waals surface area contributed by atoms with E-state index in [0.29, 0.717) is 18.0 Å². The monoisotopic (exact) mass is 453 g/mol. The minimum absolute atomic E-state index is 0.104. The van der Waals surface area contributed by atoms with Crippen molar-refractivity contribution in [3.63, 3.8) is 0 Å². The number of rotatable bonds is 7. The number of aromatic nitrogens is 1. The van der Waals surface area contributed by atoms with Gasteiger partial charge in [0.15, 0.2) is 11.5 Å². The highest BCUT2D eigenvalue weighted by atomic mass is 19.1. The van der Waals surface area contributed by atoms with Gasteiger partial charge in [-0.3, -0.25) is 9.69 Å². The van der Waals surface area contributed by atoms with Crippen LogP contribution in [0.1, 0.15) is 16.8 Å². The number of morpholine rings is 1. The van der Waals surface area contributed by atoms with Crippen LogP contribution in [0.3, 0.4) is 0 Å². The molecule has 0 bridgehead atoms. The lowest BCUT2D eigenvalue weighted by atomic mass is 10.1. The van der Waals surface area contributed by atoms with Gasteiger partial charge in [-0.1, -0.05) is 6.07 Å². The van der Waals surface area contributed by atoms with E-state index in [9.17, 15) is 9.18 Å². The summed E-state index contributed by atoms with van der Waals surface area (Å²) in [6, 6.07) is 10.5. The van der Waals surface area contributed by atoms with Crippen molar-refractivity contribution in [1.29, 1.82) is 0 Å². The number of ether oxygens (including phenoxy) is 3. The number of hydrogen-bond acceptors (Lipinski definition) is 5. The van der Waals surface area contributed by atoms with Gasteiger partial charge in [0.25, 0.3) is 0 Å². The SMILES string of the molecule is Cc1c(CC(=O)NCc2ccc3c(c2)OCO3)c2cc(F)ccc2n1CCN1CCOCC1. The zero-order valence-corrected chi connectivity index (χ0v) is 18.7. The number of carbonyl (C=O) groups is 1. The topological polar surface area (TPSA) is 65.0 Å². The number of amides is 1. The molecule has 0 radical (unpaired) electrons. The maximum atomic E-state index is 14.1. The van der Waals surface area contributed by atoms with E-state index in [2.05, 4.69) is 14.8 Å². The molecule has 2 aromatic carbocycles. The molecule has 1 N–H and O–H groups in total. The Morgan fingerprint density at radius 3 is 2.73 bits per heavy atom. The Morgan fingerprint density at radius 2 is 1.88 bits per heavy atom. The Labute approximate surface area is 192 Å². The van der Waals surface area contributed by atoms with Crippen LogP contribution < -0.4 is 14.8 Å². The molecule has 7 nitrogen and oxygen atoms in total. The number of nitrogens with one attached hydrogen (secondary N) is 1. The van der Waals surface area contributed by atoms with E-state index in [4.69, 9.17) is 14.2 Å². The van der Waals surface area contributed by atoms with Crippen molar-refractivity contribution >= 4 is 16.8 Å². The first-order chi connectivity index (χ1) is 16.1. The van der Waals surface area contributed by atoms with E-state index in [-0.39, 0.29) is 24.9 Å². The second-order valence-electron chi connectivity index (χ2n) is 8.47. The second-order valence-corrected chi connectivity index (χ2v) is 8.47. The van der Waals surface area contributed by atoms with Gasteiger partial charge in [-0.2, -0.15) is 0 Å². The lowest BCUT2D eigenvalue weighted by molar-refractivity contribution is -0.120. The normalized spacial score (nSPS) is 15.8. The molecule has 0 unspecified atom stereocenters. The Balaban J connectivity index is 1.30. The number of carbonyl (C=O) groups excluding carboxylic acids is 1. The van der Waals surface area contributed by atoms with Gasteiger partial charge >= 0.3 is 0 Å². The van der Waals surface area contributed by atoms with Crippen LogP contribution in [0.4, 0.5) is 4.39 Å². The summed E-state index contributed by atoms with van der Waals surface area (Å²) in [7, 11) is 0. The summed E-state index contributed by atoms with van der Waals surface area (Å²) in [5.74, 6) is 1.01. The maximum Gasteiger partial charge on any atom is 0.231 e. The number of halogens is 1. The fourth-order valence-electron chi connectivity index (χ4n) is 4.58. The lowest BCUT2D eigenvalue weighted by Crippen LogP contribution is -2.38. The molecule has 0 atom stereocenters. The minimum Gasteiger partial charge on any atom is -0.454 e. The third-order valence-corrected chi connectivity index (χ3v) is 6.42. The Kier molecular flexibility index (Phi) is 6.20. The lowest BCUT2D eigenvalue weighted by Gasteiger charge is -2.27. The van der Waals surface area contributed by atoms with Gasteiger partial charge in [0.05, 0.1) is 19.6 Å².